The molecule has 0 atom stereocenters. The molecule has 0 spiro atoms. The van der Waals surface area contributed by atoms with Crippen LogP contribution in [0.2, 0.25) is 0 Å². The van der Waals surface area contributed by atoms with Crippen LogP contribution < -0.4 is 10.6 Å². The largest absolute Gasteiger partial charge is 0.356 e. The van der Waals surface area contributed by atoms with Gasteiger partial charge < -0.3 is 10.6 Å². The number of rotatable bonds is 10. The van der Waals surface area contributed by atoms with E-state index < -0.39 is 0 Å². The van der Waals surface area contributed by atoms with Gasteiger partial charge in [-0.2, -0.15) is 0 Å². The number of carbonyl (C=O) groups excluding carboxylic acids is 3. The zero-order valence-corrected chi connectivity index (χ0v) is 18.3. The van der Waals surface area contributed by atoms with E-state index in [-0.39, 0.29) is 24.0 Å². The summed E-state index contributed by atoms with van der Waals surface area (Å²) in [5.41, 5.74) is 2.90. The van der Waals surface area contributed by atoms with Gasteiger partial charge in [0.15, 0.2) is 10.9 Å². The second-order valence-electron chi connectivity index (χ2n) is 6.77. The number of hydrogen-bond acceptors (Lipinski definition) is 6. The molecule has 0 fully saturated rings. The van der Waals surface area contributed by atoms with Crippen LogP contribution in [0.5, 0.6) is 0 Å². The maximum atomic E-state index is 12.1. The molecule has 2 amide bonds. The van der Waals surface area contributed by atoms with Crippen LogP contribution in [0, 0.1) is 0 Å². The summed E-state index contributed by atoms with van der Waals surface area (Å²) in [6.07, 6.45) is 1.94. The molecule has 0 aliphatic carbocycles. The van der Waals surface area contributed by atoms with Gasteiger partial charge in [-0.1, -0.05) is 30.3 Å². The van der Waals surface area contributed by atoms with Crippen LogP contribution in [-0.4, -0.2) is 29.1 Å². The lowest BCUT2D eigenvalue weighted by Gasteiger charge is -2.04. The van der Waals surface area contributed by atoms with E-state index >= 15 is 0 Å². The van der Waals surface area contributed by atoms with E-state index in [9.17, 15) is 14.4 Å². The van der Waals surface area contributed by atoms with Crippen molar-refractivity contribution in [3.05, 3.63) is 57.6 Å². The highest BCUT2D eigenvalue weighted by molar-refractivity contribution is 7.14. The third-order valence-corrected chi connectivity index (χ3v) is 6.06. The van der Waals surface area contributed by atoms with Crippen molar-refractivity contribution < 1.29 is 14.4 Å². The Morgan fingerprint density at radius 1 is 1.03 bits per heavy atom. The molecule has 0 bridgehead atoms. The number of amides is 2. The maximum Gasteiger partial charge on any atom is 0.226 e. The van der Waals surface area contributed by atoms with Crippen LogP contribution in [0.3, 0.4) is 0 Å². The fraction of sp³-hybridized carbons (Fsp3) is 0.273. The Morgan fingerprint density at radius 3 is 2.53 bits per heavy atom. The number of anilines is 1. The molecule has 3 rings (SSSR count). The van der Waals surface area contributed by atoms with Crippen molar-refractivity contribution in [3.63, 3.8) is 0 Å². The van der Waals surface area contributed by atoms with Crippen molar-refractivity contribution in [2.24, 2.45) is 0 Å². The van der Waals surface area contributed by atoms with Crippen molar-refractivity contribution in [1.29, 1.82) is 0 Å². The second-order valence-corrected chi connectivity index (χ2v) is 8.58. The van der Waals surface area contributed by atoms with Gasteiger partial charge >= 0.3 is 0 Å². The molecular weight excluding hydrogens is 418 g/mol. The standard InChI is InChI=1S/C22H23N3O3S2/c1-15(26)23-12-11-16-7-9-17(10-8-16)18-14-30-22(24-18)25-21(28)6-2-4-19(27)20-5-3-13-29-20/h3,5,7-10,13-14H,2,4,6,11-12H2,1H3,(H,23,26)(H,24,25,28). The molecular formula is C22H23N3O3S2. The lowest BCUT2D eigenvalue weighted by molar-refractivity contribution is -0.119. The molecule has 0 aliphatic rings. The summed E-state index contributed by atoms with van der Waals surface area (Å²) >= 11 is 2.80. The highest BCUT2D eigenvalue weighted by Gasteiger charge is 2.11. The van der Waals surface area contributed by atoms with Gasteiger partial charge in [0, 0.05) is 37.3 Å². The van der Waals surface area contributed by atoms with E-state index in [1.165, 1.54) is 29.6 Å². The summed E-state index contributed by atoms with van der Waals surface area (Å²) in [5.74, 6) is -0.0872. The zero-order chi connectivity index (χ0) is 21.3. The number of aromatic nitrogens is 1. The summed E-state index contributed by atoms with van der Waals surface area (Å²) in [5, 5.41) is 9.92. The highest BCUT2D eigenvalue weighted by atomic mass is 32.1. The van der Waals surface area contributed by atoms with Crippen LogP contribution in [0.1, 0.15) is 41.4 Å². The number of carbonyl (C=O) groups is 3. The number of hydrogen-bond donors (Lipinski definition) is 2. The molecule has 2 N–H and O–H groups in total. The molecule has 0 radical (unpaired) electrons. The molecule has 2 heterocycles. The van der Waals surface area contributed by atoms with Crippen molar-refractivity contribution >= 4 is 45.4 Å². The Balaban J connectivity index is 1.45. The quantitative estimate of drug-likeness (QED) is 0.452. The molecule has 0 unspecified atom stereocenters. The first-order chi connectivity index (χ1) is 14.5. The van der Waals surface area contributed by atoms with Crippen molar-refractivity contribution in [3.8, 4) is 11.3 Å². The zero-order valence-electron chi connectivity index (χ0n) is 16.6. The molecule has 30 heavy (non-hydrogen) atoms. The topological polar surface area (TPSA) is 88.2 Å². The highest BCUT2D eigenvalue weighted by Crippen LogP contribution is 2.25. The molecule has 0 aliphatic heterocycles. The monoisotopic (exact) mass is 441 g/mol. The fourth-order valence-corrected chi connectivity index (χ4v) is 4.27. The van der Waals surface area contributed by atoms with E-state index in [0.717, 1.165) is 28.1 Å². The predicted octanol–water partition coefficient (Wildman–Crippen LogP) is 4.54. The van der Waals surface area contributed by atoms with Crippen LogP contribution >= 0.6 is 22.7 Å². The van der Waals surface area contributed by atoms with Gasteiger partial charge in [0.05, 0.1) is 10.6 Å². The molecule has 6 nitrogen and oxygen atoms in total. The van der Waals surface area contributed by atoms with E-state index in [0.29, 0.717) is 24.5 Å². The summed E-state index contributed by atoms with van der Waals surface area (Å²) < 4.78 is 0. The minimum atomic E-state index is -0.136. The van der Waals surface area contributed by atoms with Crippen molar-refractivity contribution in [2.75, 3.05) is 11.9 Å². The summed E-state index contributed by atoms with van der Waals surface area (Å²) in [4.78, 5) is 40.3. The van der Waals surface area contributed by atoms with Gasteiger partial charge in [-0.25, -0.2) is 4.98 Å². The third kappa shape index (κ3) is 6.60. The first-order valence-electron chi connectivity index (χ1n) is 9.67. The van der Waals surface area contributed by atoms with E-state index in [2.05, 4.69) is 15.6 Å². The van der Waals surface area contributed by atoms with E-state index in [1.807, 2.05) is 41.1 Å². The molecule has 2 aromatic heterocycles. The van der Waals surface area contributed by atoms with Gasteiger partial charge in [-0.3, -0.25) is 14.4 Å². The van der Waals surface area contributed by atoms with Crippen molar-refractivity contribution in [1.82, 2.24) is 10.3 Å². The number of nitrogens with zero attached hydrogens (tertiary/aromatic N) is 1. The number of Topliss-reactive ketones (excluding diaryl/α,β-unsaturated/α-hetero) is 1. The third-order valence-electron chi connectivity index (χ3n) is 4.39. The summed E-state index contributed by atoms with van der Waals surface area (Å²) in [6.45, 7) is 2.12. The lowest BCUT2D eigenvalue weighted by Crippen LogP contribution is -2.22. The van der Waals surface area contributed by atoms with Gasteiger partial charge in [-0.15, -0.1) is 22.7 Å². The van der Waals surface area contributed by atoms with Gasteiger partial charge in [0.25, 0.3) is 0 Å². The average molecular weight is 442 g/mol. The van der Waals surface area contributed by atoms with Crippen LogP contribution in [0.4, 0.5) is 5.13 Å². The van der Waals surface area contributed by atoms with Gasteiger partial charge in [-0.05, 0) is 29.9 Å². The second kappa shape index (κ2) is 10.8. The maximum absolute atomic E-state index is 12.1. The Morgan fingerprint density at radius 2 is 1.83 bits per heavy atom. The Bertz CT molecular complexity index is 995. The van der Waals surface area contributed by atoms with Crippen molar-refractivity contribution in [2.45, 2.75) is 32.6 Å². The van der Waals surface area contributed by atoms with E-state index in [1.54, 1.807) is 6.07 Å². The average Bonchev–Trinajstić information content (AvgIpc) is 3.40. The van der Waals surface area contributed by atoms with E-state index in [4.69, 9.17) is 0 Å². The number of benzene rings is 1. The number of ketones is 1. The molecule has 3 aromatic rings. The molecule has 0 saturated heterocycles. The van der Waals surface area contributed by atoms with Gasteiger partial charge in [0.1, 0.15) is 0 Å². The summed E-state index contributed by atoms with van der Waals surface area (Å²) in [6, 6.07) is 11.7. The first-order valence-corrected chi connectivity index (χ1v) is 11.4. The molecule has 0 saturated carbocycles. The minimum Gasteiger partial charge on any atom is -0.356 e. The normalized spacial score (nSPS) is 10.6. The Hall–Kier alpha value is -2.84. The lowest BCUT2D eigenvalue weighted by atomic mass is 10.1. The van der Waals surface area contributed by atoms with Crippen LogP contribution in [0.15, 0.2) is 47.2 Å². The minimum absolute atomic E-state index is 0.0298. The number of nitrogens with one attached hydrogen (secondary N) is 2. The number of thiophene rings is 1. The molecule has 1 aromatic carbocycles. The smallest absolute Gasteiger partial charge is 0.226 e. The van der Waals surface area contributed by atoms with Gasteiger partial charge in [0.2, 0.25) is 11.8 Å². The number of thiazole rings is 1. The Kier molecular flexibility index (Phi) is 7.87. The first kappa shape index (κ1) is 21.9. The van der Waals surface area contributed by atoms with Crippen LogP contribution in [-0.2, 0) is 16.0 Å². The SMILES string of the molecule is CC(=O)NCCc1ccc(-c2csc(NC(=O)CCCC(=O)c3cccs3)n2)cc1. The summed E-state index contributed by atoms with van der Waals surface area (Å²) in [7, 11) is 0. The molecule has 156 valence electrons. The fourth-order valence-electron chi connectivity index (χ4n) is 2.84. The van der Waals surface area contributed by atoms with Crippen LogP contribution in [0.25, 0.3) is 11.3 Å². The predicted molar refractivity (Wildman–Crippen MR) is 121 cm³/mol. The Labute approximate surface area is 183 Å². The molecule has 8 heteroatoms.